The Morgan fingerprint density at radius 2 is 2.12 bits per heavy atom. The predicted octanol–water partition coefficient (Wildman–Crippen LogP) is 3.03. The summed E-state index contributed by atoms with van der Waals surface area (Å²) < 4.78 is 26.5. The number of anilines is 1. The van der Waals surface area contributed by atoms with Gasteiger partial charge in [-0.25, -0.2) is 13.8 Å². The molecule has 24 heavy (non-hydrogen) atoms. The molecule has 5 nitrogen and oxygen atoms in total. The molecule has 0 aliphatic carbocycles. The summed E-state index contributed by atoms with van der Waals surface area (Å²) >= 11 is 2.64. The highest BCUT2D eigenvalue weighted by atomic mass is 32.2. The predicted molar refractivity (Wildman–Crippen MR) is 92.4 cm³/mol. The van der Waals surface area contributed by atoms with Crippen LogP contribution in [0, 0.1) is 11.6 Å². The van der Waals surface area contributed by atoms with Crippen molar-refractivity contribution in [3.63, 3.8) is 0 Å². The van der Waals surface area contributed by atoms with Crippen LogP contribution in [0.25, 0.3) is 0 Å². The molecule has 0 saturated heterocycles. The van der Waals surface area contributed by atoms with E-state index in [0.717, 1.165) is 35.7 Å². The van der Waals surface area contributed by atoms with Crippen molar-refractivity contribution in [3.05, 3.63) is 51.9 Å². The van der Waals surface area contributed by atoms with Crippen LogP contribution in [0.2, 0.25) is 0 Å². The van der Waals surface area contributed by atoms with Gasteiger partial charge >= 0.3 is 0 Å². The molecule has 1 aromatic carbocycles. The van der Waals surface area contributed by atoms with Crippen molar-refractivity contribution < 1.29 is 13.6 Å². The monoisotopic (exact) mass is 371 g/mol. The molecule has 1 aromatic heterocycles. The van der Waals surface area contributed by atoms with Crippen LogP contribution in [0.1, 0.15) is 12.6 Å². The van der Waals surface area contributed by atoms with Crippen LogP contribution in [0.4, 0.5) is 14.5 Å². The van der Waals surface area contributed by atoms with Gasteiger partial charge < -0.3 is 10.3 Å². The lowest BCUT2D eigenvalue weighted by atomic mass is 10.3. The number of nitrogens with one attached hydrogen (secondary N) is 2. The van der Waals surface area contributed by atoms with Crippen molar-refractivity contribution in [2.75, 3.05) is 16.8 Å². The van der Waals surface area contributed by atoms with Gasteiger partial charge in [0.05, 0.1) is 17.1 Å². The number of rotatable bonds is 7. The number of halogens is 2. The van der Waals surface area contributed by atoms with Crippen LogP contribution in [0.5, 0.6) is 0 Å². The summed E-state index contributed by atoms with van der Waals surface area (Å²) in [7, 11) is 0. The van der Waals surface area contributed by atoms with Gasteiger partial charge in [0.15, 0.2) is 5.16 Å². The molecule has 2 rings (SSSR count). The van der Waals surface area contributed by atoms with Crippen molar-refractivity contribution >= 4 is 35.1 Å². The van der Waals surface area contributed by atoms with Gasteiger partial charge in [-0.2, -0.15) is 11.8 Å². The summed E-state index contributed by atoms with van der Waals surface area (Å²) in [6.45, 7) is 2.00. The van der Waals surface area contributed by atoms with E-state index in [0.29, 0.717) is 16.6 Å². The third-order valence-corrected chi connectivity index (χ3v) is 4.55. The quantitative estimate of drug-likeness (QED) is 0.578. The minimum absolute atomic E-state index is 0.0940. The number of carbonyl (C=O) groups is 1. The molecule has 0 unspecified atom stereocenters. The first-order chi connectivity index (χ1) is 11.5. The molecule has 0 spiro atoms. The molecule has 0 radical (unpaired) electrons. The Labute approximate surface area is 145 Å². The van der Waals surface area contributed by atoms with Crippen molar-refractivity contribution in [1.82, 2.24) is 9.97 Å². The Kier molecular flexibility index (Phi) is 6.80. The summed E-state index contributed by atoms with van der Waals surface area (Å²) in [5, 5.41) is 2.60. The van der Waals surface area contributed by atoms with E-state index >= 15 is 0 Å². The molecule has 2 aromatic rings. The smallest absolute Gasteiger partial charge is 0.251 e. The van der Waals surface area contributed by atoms with E-state index in [2.05, 4.69) is 15.3 Å². The van der Waals surface area contributed by atoms with Gasteiger partial charge in [-0.15, -0.1) is 0 Å². The number of hydrogen-bond donors (Lipinski definition) is 2. The molecular formula is C15H15F2N3O2S2. The van der Waals surface area contributed by atoms with E-state index in [1.165, 1.54) is 6.07 Å². The second kappa shape index (κ2) is 8.84. The lowest BCUT2D eigenvalue weighted by Crippen LogP contribution is -2.16. The highest BCUT2D eigenvalue weighted by Gasteiger charge is 2.10. The zero-order valence-corrected chi connectivity index (χ0v) is 14.4. The maximum Gasteiger partial charge on any atom is 0.251 e. The molecule has 2 N–H and O–H groups in total. The average Bonchev–Trinajstić information content (AvgIpc) is 2.54. The molecule has 0 bridgehead atoms. The largest absolute Gasteiger partial charge is 0.323 e. The van der Waals surface area contributed by atoms with Gasteiger partial charge in [0.1, 0.15) is 11.6 Å². The Balaban J connectivity index is 1.97. The second-order valence-corrected chi connectivity index (χ2v) is 6.88. The molecule has 0 atom stereocenters. The maximum absolute atomic E-state index is 13.5. The summed E-state index contributed by atoms with van der Waals surface area (Å²) in [6.07, 6.45) is 0. The molecule has 0 saturated carbocycles. The number of thioether (sulfide) groups is 2. The van der Waals surface area contributed by atoms with Gasteiger partial charge in [0.2, 0.25) is 5.91 Å². The Morgan fingerprint density at radius 3 is 2.88 bits per heavy atom. The van der Waals surface area contributed by atoms with Crippen molar-refractivity contribution in [2.45, 2.75) is 17.8 Å². The minimum Gasteiger partial charge on any atom is -0.323 e. The number of carbonyl (C=O) groups excluding carboxylic acids is 1. The average molecular weight is 371 g/mol. The summed E-state index contributed by atoms with van der Waals surface area (Å²) in [4.78, 5) is 30.2. The number of nitrogens with zero attached hydrogens (tertiary/aromatic N) is 1. The van der Waals surface area contributed by atoms with Crippen molar-refractivity contribution in [1.29, 1.82) is 0 Å². The lowest BCUT2D eigenvalue weighted by molar-refractivity contribution is -0.113. The normalized spacial score (nSPS) is 10.6. The highest BCUT2D eigenvalue weighted by molar-refractivity contribution is 7.99. The van der Waals surface area contributed by atoms with Crippen LogP contribution in [0.3, 0.4) is 0 Å². The Morgan fingerprint density at radius 1 is 1.33 bits per heavy atom. The second-order valence-electron chi connectivity index (χ2n) is 4.64. The number of hydrogen-bond acceptors (Lipinski definition) is 5. The lowest BCUT2D eigenvalue weighted by Gasteiger charge is -2.07. The third kappa shape index (κ3) is 5.64. The first-order valence-electron chi connectivity index (χ1n) is 7.03. The molecule has 0 aliphatic rings. The van der Waals surface area contributed by atoms with Gasteiger partial charge in [0, 0.05) is 17.9 Å². The molecule has 128 valence electrons. The Bertz CT molecular complexity index is 784. The fourth-order valence-electron chi connectivity index (χ4n) is 1.75. The minimum atomic E-state index is -0.722. The number of amides is 1. The van der Waals surface area contributed by atoms with Gasteiger partial charge in [-0.3, -0.25) is 9.59 Å². The molecule has 1 heterocycles. The number of aromatic amines is 1. The zero-order valence-electron chi connectivity index (χ0n) is 12.8. The van der Waals surface area contributed by atoms with E-state index in [1.807, 2.05) is 6.92 Å². The van der Waals surface area contributed by atoms with Crippen molar-refractivity contribution in [2.24, 2.45) is 0 Å². The van der Waals surface area contributed by atoms with Crippen LogP contribution >= 0.6 is 23.5 Å². The van der Waals surface area contributed by atoms with Crippen LogP contribution in [-0.2, 0) is 10.5 Å². The van der Waals surface area contributed by atoms with Gasteiger partial charge in [-0.1, -0.05) is 18.7 Å². The topological polar surface area (TPSA) is 74.8 Å². The highest BCUT2D eigenvalue weighted by Crippen LogP contribution is 2.17. The third-order valence-electron chi connectivity index (χ3n) is 2.77. The Hall–Kier alpha value is -1.87. The van der Waals surface area contributed by atoms with Crippen LogP contribution in [0.15, 0.2) is 34.2 Å². The van der Waals surface area contributed by atoms with E-state index < -0.39 is 17.5 Å². The van der Waals surface area contributed by atoms with Crippen LogP contribution < -0.4 is 10.9 Å². The molecule has 1 amide bonds. The fraction of sp³-hybridized carbons (Fsp3) is 0.267. The van der Waals surface area contributed by atoms with Crippen molar-refractivity contribution in [3.8, 4) is 0 Å². The SMILES string of the molecule is CCSCc1cc(=O)[nH]c(SCC(=O)Nc2cc(F)ccc2F)n1. The zero-order chi connectivity index (χ0) is 17.5. The number of benzene rings is 1. The van der Waals surface area contributed by atoms with Crippen LogP contribution in [-0.4, -0.2) is 27.4 Å². The molecular weight excluding hydrogens is 356 g/mol. The van der Waals surface area contributed by atoms with Gasteiger partial charge in [0.25, 0.3) is 5.56 Å². The molecule has 0 fully saturated rings. The maximum atomic E-state index is 13.5. The molecule has 0 aliphatic heterocycles. The number of aromatic nitrogens is 2. The first-order valence-corrected chi connectivity index (χ1v) is 9.17. The van der Waals surface area contributed by atoms with E-state index in [9.17, 15) is 18.4 Å². The van der Waals surface area contributed by atoms with E-state index in [1.54, 1.807) is 11.8 Å². The fourth-order valence-corrected chi connectivity index (χ4v) is 3.00. The van der Waals surface area contributed by atoms with E-state index in [4.69, 9.17) is 0 Å². The standard InChI is InChI=1S/C15H15F2N3O2S2/c1-2-23-7-10-6-13(21)20-15(18-10)24-8-14(22)19-12-5-9(16)3-4-11(12)17/h3-6H,2,7-8H2,1H3,(H,19,22)(H,18,20,21). The van der Waals surface area contributed by atoms with Gasteiger partial charge in [-0.05, 0) is 17.9 Å². The van der Waals surface area contributed by atoms with E-state index in [-0.39, 0.29) is 17.0 Å². The molecule has 9 heteroatoms. The number of H-pyrrole nitrogens is 1. The summed E-state index contributed by atoms with van der Waals surface area (Å²) in [6, 6.07) is 4.22. The summed E-state index contributed by atoms with van der Waals surface area (Å²) in [5.41, 5.74) is 0.107. The first kappa shape index (κ1) is 18.5. The summed E-state index contributed by atoms with van der Waals surface area (Å²) in [5.74, 6) is -0.483.